The summed E-state index contributed by atoms with van der Waals surface area (Å²) in [5, 5.41) is 8.59. The lowest BCUT2D eigenvalue weighted by Gasteiger charge is -2.16. The Hall–Kier alpha value is -2.50. The Morgan fingerprint density at radius 3 is 1.86 bits per heavy atom. The zero-order valence-corrected chi connectivity index (χ0v) is 12.9. The van der Waals surface area contributed by atoms with Crippen LogP contribution in [0.25, 0.3) is 0 Å². The van der Waals surface area contributed by atoms with Crippen molar-refractivity contribution >= 4 is 11.8 Å². The van der Waals surface area contributed by atoms with Crippen LogP contribution in [0.3, 0.4) is 0 Å². The summed E-state index contributed by atoms with van der Waals surface area (Å²) in [6, 6.07) is 3.04. The molecule has 0 aliphatic carbocycles. The Labute approximate surface area is 129 Å². The van der Waals surface area contributed by atoms with Crippen LogP contribution in [0.15, 0.2) is 24.3 Å². The Bertz CT molecular complexity index is 535. The third-order valence-corrected chi connectivity index (χ3v) is 2.57. The molecule has 0 atom stereocenters. The second kappa shape index (κ2) is 8.71. The molecule has 0 bridgehead atoms. The van der Waals surface area contributed by atoms with Crippen molar-refractivity contribution in [3.63, 3.8) is 0 Å². The summed E-state index contributed by atoms with van der Waals surface area (Å²) in [6.45, 7) is 6.68. The largest absolute Gasteiger partial charge is 0.490 e. The summed E-state index contributed by atoms with van der Waals surface area (Å²) < 4.78 is 16.5. The Morgan fingerprint density at radius 1 is 0.955 bits per heavy atom. The van der Waals surface area contributed by atoms with E-state index in [4.69, 9.17) is 19.3 Å². The van der Waals surface area contributed by atoms with Crippen LogP contribution in [0.1, 0.15) is 31.1 Å². The molecule has 1 N–H and O–H groups in total. The number of ketones is 1. The van der Waals surface area contributed by atoms with Gasteiger partial charge in [-0.25, -0.2) is 4.79 Å². The number of carbonyl (C=O) groups is 2. The van der Waals surface area contributed by atoms with Gasteiger partial charge >= 0.3 is 5.97 Å². The van der Waals surface area contributed by atoms with Crippen LogP contribution >= 0.6 is 0 Å². The maximum absolute atomic E-state index is 12.0. The third-order valence-electron chi connectivity index (χ3n) is 2.57. The molecule has 0 amide bonds. The van der Waals surface area contributed by atoms with E-state index in [1.54, 1.807) is 0 Å². The standard InChI is InChI=1S/C16H20O6/c1-4-20-13-9-11(12(17)7-8-15(18)19)10-14(21-5-2)16(13)22-6-3/h7-10H,4-6H2,1-3H3,(H,18,19)/b8-7+. The molecule has 0 saturated carbocycles. The van der Waals surface area contributed by atoms with Crippen LogP contribution in [-0.4, -0.2) is 36.7 Å². The van der Waals surface area contributed by atoms with Gasteiger partial charge in [0.05, 0.1) is 19.8 Å². The molecule has 0 aliphatic rings. The summed E-state index contributed by atoms with van der Waals surface area (Å²) in [5.74, 6) is -0.420. The zero-order chi connectivity index (χ0) is 16.5. The lowest BCUT2D eigenvalue weighted by atomic mass is 10.1. The Morgan fingerprint density at radius 2 is 1.45 bits per heavy atom. The van der Waals surface area contributed by atoms with Crippen molar-refractivity contribution in [3.05, 3.63) is 29.8 Å². The van der Waals surface area contributed by atoms with Gasteiger partial charge in [0.1, 0.15) is 0 Å². The quantitative estimate of drug-likeness (QED) is 0.558. The van der Waals surface area contributed by atoms with Gasteiger partial charge in [-0.05, 0) is 39.0 Å². The predicted octanol–water partition coefficient (Wildman–Crippen LogP) is 2.71. The van der Waals surface area contributed by atoms with Gasteiger partial charge in [-0.3, -0.25) is 4.79 Å². The van der Waals surface area contributed by atoms with Crippen molar-refractivity contribution in [3.8, 4) is 17.2 Å². The van der Waals surface area contributed by atoms with Crippen molar-refractivity contribution in [2.24, 2.45) is 0 Å². The van der Waals surface area contributed by atoms with Gasteiger partial charge < -0.3 is 19.3 Å². The van der Waals surface area contributed by atoms with Crippen molar-refractivity contribution in [1.82, 2.24) is 0 Å². The molecular weight excluding hydrogens is 288 g/mol. The van der Waals surface area contributed by atoms with E-state index in [1.165, 1.54) is 12.1 Å². The number of hydrogen-bond donors (Lipinski definition) is 1. The van der Waals surface area contributed by atoms with Gasteiger partial charge in [-0.2, -0.15) is 0 Å². The summed E-state index contributed by atoms with van der Waals surface area (Å²) in [4.78, 5) is 22.5. The molecule has 6 heteroatoms. The van der Waals surface area contributed by atoms with Crippen molar-refractivity contribution in [2.75, 3.05) is 19.8 Å². The zero-order valence-electron chi connectivity index (χ0n) is 12.9. The summed E-state index contributed by atoms with van der Waals surface area (Å²) >= 11 is 0. The summed E-state index contributed by atoms with van der Waals surface area (Å²) in [5.41, 5.74) is 0.271. The molecule has 0 heterocycles. The molecule has 0 saturated heterocycles. The molecule has 1 aromatic rings. The van der Waals surface area contributed by atoms with E-state index in [0.29, 0.717) is 37.1 Å². The second-order valence-corrected chi connectivity index (χ2v) is 4.14. The Kier molecular flexibility index (Phi) is 6.95. The molecule has 1 rings (SSSR count). The van der Waals surface area contributed by atoms with Crippen molar-refractivity contribution in [2.45, 2.75) is 20.8 Å². The smallest absolute Gasteiger partial charge is 0.328 e. The molecule has 0 radical (unpaired) electrons. The van der Waals surface area contributed by atoms with Crippen LogP contribution in [0.4, 0.5) is 0 Å². The van der Waals surface area contributed by atoms with Gasteiger partial charge in [0.25, 0.3) is 0 Å². The average Bonchev–Trinajstić information content (AvgIpc) is 2.48. The number of rotatable bonds is 9. The highest BCUT2D eigenvalue weighted by atomic mass is 16.5. The minimum Gasteiger partial charge on any atom is -0.490 e. The predicted molar refractivity (Wildman–Crippen MR) is 81.1 cm³/mol. The third kappa shape index (κ3) is 4.80. The van der Waals surface area contributed by atoms with Crippen LogP contribution in [0, 0.1) is 0 Å². The number of carboxylic acids is 1. The van der Waals surface area contributed by atoms with Crippen LogP contribution in [-0.2, 0) is 4.79 Å². The molecular formula is C16H20O6. The highest BCUT2D eigenvalue weighted by Crippen LogP contribution is 2.39. The van der Waals surface area contributed by atoms with E-state index in [9.17, 15) is 9.59 Å². The topological polar surface area (TPSA) is 82.1 Å². The molecule has 120 valence electrons. The van der Waals surface area contributed by atoms with E-state index in [0.717, 1.165) is 12.2 Å². The number of ether oxygens (including phenoxy) is 3. The molecule has 0 aliphatic heterocycles. The molecule has 0 fully saturated rings. The maximum Gasteiger partial charge on any atom is 0.328 e. The number of allylic oxidation sites excluding steroid dienone is 1. The van der Waals surface area contributed by atoms with E-state index < -0.39 is 11.8 Å². The number of carbonyl (C=O) groups excluding carboxylic acids is 1. The van der Waals surface area contributed by atoms with E-state index >= 15 is 0 Å². The van der Waals surface area contributed by atoms with E-state index in [-0.39, 0.29) is 5.56 Å². The van der Waals surface area contributed by atoms with E-state index in [2.05, 4.69) is 0 Å². The fourth-order valence-electron chi connectivity index (χ4n) is 1.77. The minimum absolute atomic E-state index is 0.271. The fraction of sp³-hybridized carbons (Fsp3) is 0.375. The highest BCUT2D eigenvalue weighted by molar-refractivity contribution is 6.07. The molecule has 0 unspecified atom stereocenters. The Balaban J connectivity index is 3.28. The monoisotopic (exact) mass is 308 g/mol. The number of carboxylic acid groups (broad SMARTS) is 1. The molecule has 6 nitrogen and oxygen atoms in total. The van der Waals surface area contributed by atoms with Crippen LogP contribution in [0.2, 0.25) is 0 Å². The first-order valence-corrected chi connectivity index (χ1v) is 7.05. The lowest BCUT2D eigenvalue weighted by Crippen LogP contribution is -2.05. The first-order chi connectivity index (χ1) is 10.5. The van der Waals surface area contributed by atoms with Gasteiger partial charge in [-0.15, -0.1) is 0 Å². The SMILES string of the molecule is CCOc1cc(C(=O)/C=C/C(=O)O)cc(OCC)c1OCC. The van der Waals surface area contributed by atoms with Gasteiger partial charge in [0, 0.05) is 11.6 Å². The number of hydrogen-bond acceptors (Lipinski definition) is 5. The van der Waals surface area contributed by atoms with Gasteiger partial charge in [0.15, 0.2) is 17.3 Å². The minimum atomic E-state index is -1.19. The summed E-state index contributed by atoms with van der Waals surface area (Å²) in [6.07, 6.45) is 1.78. The molecule has 0 aromatic heterocycles. The molecule has 22 heavy (non-hydrogen) atoms. The second-order valence-electron chi connectivity index (χ2n) is 4.14. The first-order valence-electron chi connectivity index (χ1n) is 7.05. The number of aliphatic carboxylic acids is 1. The number of benzene rings is 1. The van der Waals surface area contributed by atoms with Crippen molar-refractivity contribution in [1.29, 1.82) is 0 Å². The summed E-state index contributed by atoms with van der Waals surface area (Å²) in [7, 11) is 0. The van der Waals surface area contributed by atoms with Crippen molar-refractivity contribution < 1.29 is 28.9 Å². The molecule has 0 spiro atoms. The van der Waals surface area contributed by atoms with Gasteiger partial charge in [0.2, 0.25) is 5.75 Å². The van der Waals surface area contributed by atoms with Crippen LogP contribution < -0.4 is 14.2 Å². The van der Waals surface area contributed by atoms with E-state index in [1.807, 2.05) is 20.8 Å². The van der Waals surface area contributed by atoms with Crippen LogP contribution in [0.5, 0.6) is 17.2 Å². The fourth-order valence-corrected chi connectivity index (χ4v) is 1.77. The highest BCUT2D eigenvalue weighted by Gasteiger charge is 2.17. The lowest BCUT2D eigenvalue weighted by molar-refractivity contribution is -0.131. The van der Waals surface area contributed by atoms with Gasteiger partial charge in [-0.1, -0.05) is 0 Å². The first kappa shape index (κ1) is 17.6. The molecule has 1 aromatic carbocycles. The maximum atomic E-state index is 12.0. The average molecular weight is 308 g/mol. The normalized spacial score (nSPS) is 10.5.